The van der Waals surface area contributed by atoms with Crippen LogP contribution in [0.25, 0.3) is 22.5 Å². The summed E-state index contributed by atoms with van der Waals surface area (Å²) in [5, 5.41) is 17.7. The molecule has 2 aromatic heterocycles. The van der Waals surface area contributed by atoms with Crippen LogP contribution in [0, 0.1) is 0 Å². The molecule has 1 aliphatic rings. The Bertz CT molecular complexity index is 1310. The maximum atomic E-state index is 12.8. The van der Waals surface area contributed by atoms with E-state index >= 15 is 0 Å². The Balaban J connectivity index is 1.47. The normalized spacial score (nSPS) is 15.0. The molecule has 0 spiro atoms. The van der Waals surface area contributed by atoms with Gasteiger partial charge in [-0.1, -0.05) is 61.9 Å². The molecule has 4 aromatic rings. The molecule has 0 saturated carbocycles. The van der Waals surface area contributed by atoms with Gasteiger partial charge in [0.1, 0.15) is 11.9 Å². The van der Waals surface area contributed by atoms with Crippen molar-refractivity contribution in [1.82, 2.24) is 35.5 Å². The summed E-state index contributed by atoms with van der Waals surface area (Å²) in [6, 6.07) is 16.1. The number of carbonyl (C=O) groups is 1. The SMILES string of the molecule is CCCCc1nc2c(n1Cc1ccc(-c3ccccc3-c3nnn[nH]3)cc1)C(C(=O)OCC)NCC2. The van der Waals surface area contributed by atoms with Gasteiger partial charge in [0, 0.05) is 31.5 Å². The van der Waals surface area contributed by atoms with Crippen LogP contribution >= 0.6 is 0 Å². The average Bonchev–Trinajstić information content (AvgIpc) is 3.57. The van der Waals surface area contributed by atoms with Crippen molar-refractivity contribution in [3.63, 3.8) is 0 Å². The van der Waals surface area contributed by atoms with E-state index in [9.17, 15) is 4.79 Å². The highest BCUT2D eigenvalue weighted by Gasteiger charge is 2.33. The van der Waals surface area contributed by atoms with Gasteiger partial charge in [0.2, 0.25) is 0 Å². The van der Waals surface area contributed by atoms with E-state index < -0.39 is 6.04 Å². The highest BCUT2D eigenvalue weighted by atomic mass is 16.5. The van der Waals surface area contributed by atoms with Crippen LogP contribution in [-0.4, -0.2) is 49.3 Å². The molecule has 9 nitrogen and oxygen atoms in total. The molecule has 9 heteroatoms. The number of rotatable bonds is 9. The number of nitrogens with zero attached hydrogens (tertiary/aromatic N) is 5. The Hall–Kier alpha value is -3.85. The van der Waals surface area contributed by atoms with Crippen molar-refractivity contribution < 1.29 is 9.53 Å². The summed E-state index contributed by atoms with van der Waals surface area (Å²) >= 11 is 0. The molecule has 0 radical (unpaired) electrons. The fourth-order valence-corrected chi connectivity index (χ4v) is 4.82. The Kier molecular flexibility index (Phi) is 7.18. The van der Waals surface area contributed by atoms with E-state index in [4.69, 9.17) is 9.72 Å². The van der Waals surface area contributed by atoms with Gasteiger partial charge in [-0.3, -0.25) is 5.32 Å². The molecule has 0 saturated heterocycles. The van der Waals surface area contributed by atoms with Crippen LogP contribution < -0.4 is 5.32 Å². The molecule has 2 N–H and O–H groups in total. The number of hydrogen-bond donors (Lipinski definition) is 2. The van der Waals surface area contributed by atoms with Gasteiger partial charge in [-0.25, -0.2) is 14.9 Å². The van der Waals surface area contributed by atoms with Crippen LogP contribution in [0.4, 0.5) is 0 Å². The summed E-state index contributed by atoms with van der Waals surface area (Å²) in [6.45, 7) is 5.74. The number of aromatic nitrogens is 6. The van der Waals surface area contributed by atoms with E-state index in [1.165, 1.54) is 0 Å². The lowest BCUT2D eigenvalue weighted by Crippen LogP contribution is -2.37. The van der Waals surface area contributed by atoms with Gasteiger partial charge < -0.3 is 9.30 Å². The molecule has 2 aromatic carbocycles. The van der Waals surface area contributed by atoms with E-state index in [-0.39, 0.29) is 5.97 Å². The first kappa shape index (κ1) is 23.9. The van der Waals surface area contributed by atoms with Crippen LogP contribution in [0.1, 0.15) is 55.5 Å². The highest BCUT2D eigenvalue weighted by Crippen LogP contribution is 2.31. The monoisotopic (exact) mass is 485 g/mol. The standard InChI is InChI=1S/C27H31N7O2/c1-3-5-10-23-29-22-15-16-28-24(27(35)36-4-2)25(22)34(23)17-18-11-13-19(14-12-18)20-8-6-7-9-21(20)26-30-32-33-31-26/h6-9,11-14,24,28H,3-5,10,15-17H2,1-2H3,(H,30,31,32,33). The Morgan fingerprint density at radius 2 is 1.92 bits per heavy atom. The van der Waals surface area contributed by atoms with Crippen molar-refractivity contribution in [2.24, 2.45) is 0 Å². The van der Waals surface area contributed by atoms with E-state index in [2.05, 4.69) is 67.8 Å². The number of ether oxygens (including phenoxy) is 1. The molecule has 0 fully saturated rings. The molecule has 0 amide bonds. The van der Waals surface area contributed by atoms with E-state index in [0.717, 1.165) is 71.7 Å². The van der Waals surface area contributed by atoms with Crippen molar-refractivity contribution in [2.75, 3.05) is 13.2 Å². The molecule has 1 atom stereocenters. The minimum atomic E-state index is -0.488. The second-order valence-electron chi connectivity index (χ2n) is 8.93. The van der Waals surface area contributed by atoms with Crippen molar-refractivity contribution >= 4 is 5.97 Å². The van der Waals surface area contributed by atoms with Crippen molar-refractivity contribution in [1.29, 1.82) is 0 Å². The van der Waals surface area contributed by atoms with Crippen LogP contribution in [-0.2, 0) is 28.9 Å². The Morgan fingerprint density at radius 3 is 2.64 bits per heavy atom. The van der Waals surface area contributed by atoms with Crippen LogP contribution in [0.5, 0.6) is 0 Å². The highest BCUT2D eigenvalue weighted by molar-refractivity contribution is 5.80. The summed E-state index contributed by atoms with van der Waals surface area (Å²) in [7, 11) is 0. The van der Waals surface area contributed by atoms with Crippen LogP contribution in [0.15, 0.2) is 48.5 Å². The summed E-state index contributed by atoms with van der Waals surface area (Å²) in [5.74, 6) is 1.43. The van der Waals surface area contributed by atoms with Crippen molar-refractivity contribution in [3.8, 4) is 22.5 Å². The van der Waals surface area contributed by atoms with Crippen LogP contribution in [0.2, 0.25) is 0 Å². The summed E-state index contributed by atoms with van der Waals surface area (Å²) < 4.78 is 7.61. The lowest BCUT2D eigenvalue weighted by Gasteiger charge is -2.24. The Labute approximate surface area is 210 Å². The number of benzene rings is 2. The smallest absolute Gasteiger partial charge is 0.329 e. The molecule has 0 aliphatic carbocycles. The lowest BCUT2D eigenvalue weighted by molar-refractivity contribution is -0.146. The summed E-state index contributed by atoms with van der Waals surface area (Å²) in [5.41, 5.74) is 6.17. The zero-order chi connectivity index (χ0) is 24.9. The van der Waals surface area contributed by atoms with Gasteiger partial charge in [0.05, 0.1) is 18.0 Å². The van der Waals surface area contributed by atoms with Gasteiger partial charge >= 0.3 is 5.97 Å². The minimum Gasteiger partial charge on any atom is -0.465 e. The molecular formula is C27H31N7O2. The fourth-order valence-electron chi connectivity index (χ4n) is 4.82. The topological polar surface area (TPSA) is 111 Å². The molecule has 186 valence electrons. The third-order valence-corrected chi connectivity index (χ3v) is 6.56. The molecule has 1 aliphatic heterocycles. The number of H-pyrrole nitrogens is 1. The molecular weight excluding hydrogens is 454 g/mol. The second-order valence-corrected chi connectivity index (χ2v) is 8.93. The van der Waals surface area contributed by atoms with Gasteiger partial charge in [-0.05, 0) is 40.5 Å². The van der Waals surface area contributed by atoms with Crippen molar-refractivity contribution in [3.05, 3.63) is 71.3 Å². The number of tetrazole rings is 1. The first-order valence-electron chi connectivity index (χ1n) is 12.6. The van der Waals surface area contributed by atoms with Crippen molar-refractivity contribution in [2.45, 2.75) is 52.1 Å². The second kappa shape index (κ2) is 10.8. The summed E-state index contributed by atoms with van der Waals surface area (Å²) in [4.78, 5) is 17.8. The number of hydrogen-bond acceptors (Lipinski definition) is 7. The van der Waals surface area contributed by atoms with E-state index in [1.54, 1.807) is 0 Å². The number of aromatic amines is 1. The largest absolute Gasteiger partial charge is 0.465 e. The number of carbonyl (C=O) groups excluding carboxylic acids is 1. The maximum absolute atomic E-state index is 12.8. The fraction of sp³-hybridized carbons (Fsp3) is 0.370. The van der Waals surface area contributed by atoms with E-state index in [0.29, 0.717) is 19.0 Å². The number of imidazole rings is 1. The number of unbranched alkanes of at least 4 members (excludes halogenated alkanes) is 1. The predicted octanol–water partition coefficient (Wildman–Crippen LogP) is 3.87. The first-order valence-corrected chi connectivity index (χ1v) is 12.6. The van der Waals surface area contributed by atoms with E-state index in [1.807, 2.05) is 25.1 Å². The zero-order valence-corrected chi connectivity index (χ0v) is 20.7. The van der Waals surface area contributed by atoms with Gasteiger partial charge in [0.15, 0.2) is 5.82 Å². The molecule has 36 heavy (non-hydrogen) atoms. The molecule has 0 bridgehead atoms. The molecule has 3 heterocycles. The number of nitrogens with one attached hydrogen (secondary N) is 2. The average molecular weight is 486 g/mol. The number of fused-ring (bicyclic) bond motifs is 1. The number of esters is 1. The number of aryl methyl sites for hydroxylation is 1. The predicted molar refractivity (Wildman–Crippen MR) is 136 cm³/mol. The molecule has 5 rings (SSSR count). The Morgan fingerprint density at radius 1 is 1.11 bits per heavy atom. The zero-order valence-electron chi connectivity index (χ0n) is 20.7. The third-order valence-electron chi connectivity index (χ3n) is 6.56. The van der Waals surface area contributed by atoms with Gasteiger partial charge in [-0.2, -0.15) is 0 Å². The third kappa shape index (κ3) is 4.79. The van der Waals surface area contributed by atoms with Gasteiger partial charge in [-0.15, -0.1) is 5.10 Å². The quantitative estimate of drug-likeness (QED) is 0.346. The summed E-state index contributed by atoms with van der Waals surface area (Å²) in [6.07, 6.45) is 3.84. The lowest BCUT2D eigenvalue weighted by atomic mass is 9.98. The first-order chi connectivity index (χ1) is 17.7. The van der Waals surface area contributed by atoms with Crippen LogP contribution in [0.3, 0.4) is 0 Å². The molecule has 1 unspecified atom stereocenters. The maximum Gasteiger partial charge on any atom is 0.329 e. The van der Waals surface area contributed by atoms with Gasteiger partial charge in [0.25, 0.3) is 0 Å². The minimum absolute atomic E-state index is 0.240.